The number of carbonyl (C=O) groups is 1. The molecule has 1 N–H and O–H groups in total. The van der Waals surface area contributed by atoms with Crippen LogP contribution >= 0.6 is 0 Å². The minimum absolute atomic E-state index is 0.0312. The van der Waals surface area contributed by atoms with Gasteiger partial charge in [-0.3, -0.25) is 4.79 Å². The normalized spacial score (nSPS) is 18.6. The molecule has 1 aliphatic heterocycles. The van der Waals surface area contributed by atoms with Gasteiger partial charge in [-0.2, -0.15) is 0 Å². The number of aliphatic carboxylic acids is 1. The van der Waals surface area contributed by atoms with Crippen LogP contribution in [0.5, 0.6) is 0 Å². The van der Waals surface area contributed by atoms with Crippen LogP contribution in [0.25, 0.3) is 0 Å². The number of rotatable bonds is 9. The van der Waals surface area contributed by atoms with Crippen molar-refractivity contribution in [1.29, 1.82) is 0 Å². The van der Waals surface area contributed by atoms with Gasteiger partial charge in [-0.1, -0.05) is 26.0 Å². The topological polar surface area (TPSA) is 59.0 Å². The Morgan fingerprint density at radius 2 is 1.92 bits per heavy atom. The number of nitrogens with zero attached hydrogens (tertiary/aromatic N) is 1. The molecular weight excluding hydrogens is 318 g/mol. The molecular formula is C20H31NO4. The third-order valence-electron chi connectivity index (χ3n) is 5.24. The van der Waals surface area contributed by atoms with Gasteiger partial charge < -0.3 is 19.5 Å². The van der Waals surface area contributed by atoms with Crippen molar-refractivity contribution in [3.05, 3.63) is 29.3 Å². The molecule has 1 unspecified atom stereocenters. The second-order valence-corrected chi connectivity index (χ2v) is 7.14. The van der Waals surface area contributed by atoms with Crippen molar-refractivity contribution in [2.24, 2.45) is 0 Å². The number of benzene rings is 1. The minimum atomic E-state index is -0.795. The zero-order valence-electron chi connectivity index (χ0n) is 16.0. The first-order chi connectivity index (χ1) is 11.8. The summed E-state index contributed by atoms with van der Waals surface area (Å²) in [5.41, 5.74) is 3.24. The van der Waals surface area contributed by atoms with E-state index in [1.165, 1.54) is 11.3 Å². The second-order valence-electron chi connectivity index (χ2n) is 7.14. The Bertz CT molecular complexity index is 593. The third-order valence-corrected chi connectivity index (χ3v) is 5.24. The molecule has 0 aromatic heterocycles. The van der Waals surface area contributed by atoms with Crippen LogP contribution in [0, 0.1) is 0 Å². The second kappa shape index (κ2) is 8.19. The van der Waals surface area contributed by atoms with Gasteiger partial charge in [-0.25, -0.2) is 0 Å². The van der Waals surface area contributed by atoms with Gasteiger partial charge in [-0.15, -0.1) is 0 Å². The predicted octanol–water partition coefficient (Wildman–Crippen LogP) is 3.59. The molecule has 0 aliphatic carbocycles. The summed E-state index contributed by atoms with van der Waals surface area (Å²) < 4.78 is 11.3. The lowest BCUT2D eigenvalue weighted by molar-refractivity contribution is -0.138. The first kappa shape index (κ1) is 19.7. The molecule has 25 heavy (non-hydrogen) atoms. The van der Waals surface area contributed by atoms with Crippen LogP contribution in [0.1, 0.15) is 52.2 Å². The van der Waals surface area contributed by atoms with Crippen molar-refractivity contribution in [2.75, 3.05) is 24.7 Å². The van der Waals surface area contributed by atoms with Crippen LogP contribution in [0.3, 0.4) is 0 Å². The summed E-state index contributed by atoms with van der Waals surface area (Å²) in [7, 11) is 0. The molecule has 1 aromatic carbocycles. The van der Waals surface area contributed by atoms with Crippen molar-refractivity contribution >= 4 is 11.7 Å². The van der Waals surface area contributed by atoms with E-state index in [2.05, 4.69) is 37.8 Å². The number of hydrogen-bond acceptors (Lipinski definition) is 4. The highest BCUT2D eigenvalue weighted by atomic mass is 16.7. The molecule has 0 bridgehead atoms. The van der Waals surface area contributed by atoms with E-state index in [1.54, 1.807) is 0 Å². The van der Waals surface area contributed by atoms with E-state index in [0.29, 0.717) is 19.3 Å². The highest BCUT2D eigenvalue weighted by Gasteiger charge is 2.41. The number of hydrogen-bond donors (Lipinski definition) is 1. The SMILES string of the molecule is CCOC(CCN1c2ccc(CC(=O)O)cc2C(C)(C)C1C)OCC. The summed E-state index contributed by atoms with van der Waals surface area (Å²) in [5, 5.41) is 9.06. The Hall–Kier alpha value is -1.59. The lowest BCUT2D eigenvalue weighted by Gasteiger charge is -2.32. The Balaban J connectivity index is 2.20. The van der Waals surface area contributed by atoms with Gasteiger partial charge >= 0.3 is 5.97 Å². The summed E-state index contributed by atoms with van der Waals surface area (Å²) in [5.74, 6) is -0.795. The fraction of sp³-hybridized carbons (Fsp3) is 0.650. The van der Waals surface area contributed by atoms with Gasteiger partial charge in [0, 0.05) is 43.3 Å². The van der Waals surface area contributed by atoms with E-state index in [0.717, 1.165) is 18.5 Å². The molecule has 1 heterocycles. The Morgan fingerprint density at radius 1 is 1.28 bits per heavy atom. The van der Waals surface area contributed by atoms with Gasteiger partial charge in [0.05, 0.1) is 6.42 Å². The van der Waals surface area contributed by atoms with Gasteiger partial charge in [0.25, 0.3) is 0 Å². The lowest BCUT2D eigenvalue weighted by Crippen LogP contribution is -2.40. The number of carboxylic acids is 1. The molecule has 0 amide bonds. The number of ether oxygens (including phenoxy) is 2. The summed E-state index contributed by atoms with van der Waals surface area (Å²) in [6.45, 7) is 12.8. The van der Waals surface area contributed by atoms with Gasteiger partial charge in [0.2, 0.25) is 0 Å². The monoisotopic (exact) mass is 349 g/mol. The summed E-state index contributed by atoms with van der Waals surface area (Å²) in [6.07, 6.45) is 0.688. The van der Waals surface area contributed by atoms with Crippen LogP contribution in [0.15, 0.2) is 18.2 Å². The van der Waals surface area contributed by atoms with Crippen molar-refractivity contribution in [1.82, 2.24) is 0 Å². The Labute approximate surface area is 150 Å². The molecule has 5 heteroatoms. The van der Waals surface area contributed by atoms with E-state index < -0.39 is 5.97 Å². The summed E-state index contributed by atoms with van der Waals surface area (Å²) in [6, 6.07) is 6.38. The molecule has 2 rings (SSSR count). The fourth-order valence-corrected chi connectivity index (χ4v) is 3.60. The van der Waals surface area contributed by atoms with Crippen molar-refractivity contribution in [2.45, 2.75) is 65.2 Å². The number of fused-ring (bicyclic) bond motifs is 1. The molecule has 5 nitrogen and oxygen atoms in total. The van der Waals surface area contributed by atoms with E-state index in [4.69, 9.17) is 14.6 Å². The van der Waals surface area contributed by atoms with Crippen molar-refractivity contribution in [3.8, 4) is 0 Å². The van der Waals surface area contributed by atoms with Crippen molar-refractivity contribution in [3.63, 3.8) is 0 Å². The summed E-state index contributed by atoms with van der Waals surface area (Å²) >= 11 is 0. The first-order valence-electron chi connectivity index (χ1n) is 9.16. The maximum atomic E-state index is 11.0. The summed E-state index contributed by atoms with van der Waals surface area (Å²) in [4.78, 5) is 13.4. The van der Waals surface area contributed by atoms with E-state index in [-0.39, 0.29) is 18.1 Å². The lowest BCUT2D eigenvalue weighted by atomic mass is 9.80. The van der Waals surface area contributed by atoms with Gasteiger partial charge in [0.1, 0.15) is 0 Å². The minimum Gasteiger partial charge on any atom is -0.481 e. The molecule has 0 radical (unpaired) electrons. The number of anilines is 1. The van der Waals surface area contributed by atoms with Crippen LogP contribution in [-0.2, 0) is 26.1 Å². The van der Waals surface area contributed by atoms with E-state index in [9.17, 15) is 4.79 Å². The van der Waals surface area contributed by atoms with Crippen LogP contribution in [-0.4, -0.2) is 43.2 Å². The highest BCUT2D eigenvalue weighted by Crippen LogP contribution is 2.45. The largest absolute Gasteiger partial charge is 0.481 e. The quantitative estimate of drug-likeness (QED) is 0.691. The smallest absolute Gasteiger partial charge is 0.307 e. The first-order valence-corrected chi connectivity index (χ1v) is 9.16. The van der Waals surface area contributed by atoms with Gasteiger partial charge in [-0.05, 0) is 38.0 Å². The molecule has 0 saturated carbocycles. The van der Waals surface area contributed by atoms with E-state index >= 15 is 0 Å². The highest BCUT2D eigenvalue weighted by molar-refractivity contribution is 5.72. The fourth-order valence-electron chi connectivity index (χ4n) is 3.60. The molecule has 140 valence electrons. The predicted molar refractivity (Wildman–Crippen MR) is 99.3 cm³/mol. The van der Waals surface area contributed by atoms with Gasteiger partial charge in [0.15, 0.2) is 6.29 Å². The average Bonchev–Trinajstić information content (AvgIpc) is 2.73. The molecule has 1 aliphatic rings. The molecule has 1 aromatic rings. The molecule has 1 atom stereocenters. The Kier molecular flexibility index (Phi) is 6.47. The zero-order chi connectivity index (χ0) is 18.6. The van der Waals surface area contributed by atoms with E-state index in [1.807, 2.05) is 19.9 Å². The molecule has 0 spiro atoms. The number of carboxylic acid groups (broad SMARTS) is 1. The maximum Gasteiger partial charge on any atom is 0.307 e. The molecule has 0 fully saturated rings. The standard InChI is InChI=1S/C20H31NO4/c1-6-24-19(25-7-2)10-11-21-14(3)20(4,5)16-12-15(13-18(22)23)8-9-17(16)21/h8-9,12,14,19H,6-7,10-11,13H2,1-5H3,(H,22,23). The maximum absolute atomic E-state index is 11.0. The van der Waals surface area contributed by atoms with Crippen molar-refractivity contribution < 1.29 is 19.4 Å². The van der Waals surface area contributed by atoms with Crippen LogP contribution < -0.4 is 4.90 Å². The average molecular weight is 349 g/mol. The third kappa shape index (κ3) is 4.33. The van der Waals surface area contributed by atoms with Crippen LogP contribution in [0.4, 0.5) is 5.69 Å². The zero-order valence-corrected chi connectivity index (χ0v) is 16.0. The Morgan fingerprint density at radius 3 is 2.48 bits per heavy atom. The molecule has 0 saturated heterocycles. The van der Waals surface area contributed by atoms with Crippen LogP contribution in [0.2, 0.25) is 0 Å².